The van der Waals surface area contributed by atoms with Crippen molar-refractivity contribution in [1.82, 2.24) is 4.98 Å². The molecule has 2 heteroatoms. The first-order chi connectivity index (χ1) is 8.08. The van der Waals surface area contributed by atoms with Crippen molar-refractivity contribution in [3.63, 3.8) is 0 Å². The maximum Gasteiger partial charge on any atom is 0.153 e. The van der Waals surface area contributed by atoms with Crippen LogP contribution in [0.2, 0.25) is 0 Å². The molecule has 2 rings (SSSR count). The van der Waals surface area contributed by atoms with Gasteiger partial charge in [0.15, 0.2) is 5.67 Å². The third-order valence-corrected chi connectivity index (χ3v) is 3.86. The monoisotopic (exact) mass is 235 g/mol. The molecule has 1 nitrogen and oxygen atoms in total. The van der Waals surface area contributed by atoms with Crippen molar-refractivity contribution >= 4 is 0 Å². The lowest BCUT2D eigenvalue weighted by Gasteiger charge is -2.25. The van der Waals surface area contributed by atoms with Crippen molar-refractivity contribution in [2.75, 3.05) is 0 Å². The first kappa shape index (κ1) is 12.5. The fourth-order valence-corrected chi connectivity index (χ4v) is 2.99. The topological polar surface area (TPSA) is 12.9 Å². The maximum absolute atomic E-state index is 14.9. The summed E-state index contributed by atoms with van der Waals surface area (Å²) in [6.07, 6.45) is 6.01. The molecule has 0 aromatic carbocycles. The van der Waals surface area contributed by atoms with Gasteiger partial charge >= 0.3 is 0 Å². The fraction of sp³-hybridized carbons (Fsp3) is 0.667. The highest BCUT2D eigenvalue weighted by Crippen LogP contribution is 2.44. The normalized spacial score (nSPS) is 18.9. The van der Waals surface area contributed by atoms with Crippen molar-refractivity contribution in [2.45, 2.75) is 64.5 Å². The molecule has 0 unspecified atom stereocenters. The average Bonchev–Trinajstić information content (AvgIpc) is 2.76. The van der Waals surface area contributed by atoms with Crippen LogP contribution < -0.4 is 0 Å². The summed E-state index contributed by atoms with van der Waals surface area (Å²) in [5, 5.41) is 0. The van der Waals surface area contributed by atoms with Crippen LogP contribution in [0, 0.1) is 0 Å². The first-order valence-corrected chi connectivity index (χ1v) is 6.75. The first-order valence-electron chi connectivity index (χ1n) is 6.75. The van der Waals surface area contributed by atoms with Crippen LogP contribution in [-0.4, -0.2) is 4.98 Å². The Morgan fingerprint density at radius 3 is 2.53 bits per heavy atom. The largest absolute Gasteiger partial charge is 0.258 e. The highest BCUT2D eigenvalue weighted by Gasteiger charge is 2.39. The summed E-state index contributed by atoms with van der Waals surface area (Å²) in [6.45, 7) is 6.40. The Balaban J connectivity index is 2.52. The van der Waals surface area contributed by atoms with Gasteiger partial charge in [-0.1, -0.05) is 20.8 Å². The van der Waals surface area contributed by atoms with Crippen LogP contribution in [0.5, 0.6) is 0 Å². The molecule has 0 N–H and O–H groups in total. The van der Waals surface area contributed by atoms with Gasteiger partial charge in [-0.15, -0.1) is 0 Å². The van der Waals surface area contributed by atoms with Crippen LogP contribution in [0.3, 0.4) is 0 Å². The molecular formula is C15H22FN. The second-order valence-electron chi connectivity index (χ2n) is 5.41. The quantitative estimate of drug-likeness (QED) is 0.751. The number of rotatable bonds is 3. The van der Waals surface area contributed by atoms with Crippen LogP contribution in [-0.2, 0) is 12.1 Å². The number of nitrogens with zero attached hydrogens (tertiary/aromatic N) is 1. The van der Waals surface area contributed by atoms with Gasteiger partial charge in [0.1, 0.15) is 0 Å². The molecule has 0 bridgehead atoms. The van der Waals surface area contributed by atoms with Crippen molar-refractivity contribution in [1.29, 1.82) is 0 Å². The van der Waals surface area contributed by atoms with E-state index in [1.807, 2.05) is 6.07 Å². The highest BCUT2D eigenvalue weighted by molar-refractivity contribution is 5.36. The summed E-state index contributed by atoms with van der Waals surface area (Å²) >= 11 is 0. The number of aryl methyl sites for hydroxylation is 1. The molecule has 0 spiro atoms. The minimum Gasteiger partial charge on any atom is -0.258 e. The molecular weight excluding hydrogens is 213 g/mol. The summed E-state index contributed by atoms with van der Waals surface area (Å²) in [5.41, 5.74) is 1.97. The van der Waals surface area contributed by atoms with E-state index >= 15 is 0 Å². The van der Waals surface area contributed by atoms with Crippen LogP contribution in [0.25, 0.3) is 0 Å². The minimum atomic E-state index is -1.16. The van der Waals surface area contributed by atoms with Gasteiger partial charge in [0, 0.05) is 6.20 Å². The van der Waals surface area contributed by atoms with Gasteiger partial charge in [-0.25, -0.2) is 4.39 Å². The number of pyridine rings is 1. The summed E-state index contributed by atoms with van der Waals surface area (Å²) in [7, 11) is 0. The number of hydrogen-bond donors (Lipinski definition) is 0. The number of halogens is 1. The Hall–Kier alpha value is -0.920. The molecule has 1 heterocycles. The summed E-state index contributed by atoms with van der Waals surface area (Å²) in [5.74, 6) is 0.349. The van der Waals surface area contributed by atoms with E-state index in [1.54, 1.807) is 6.20 Å². The van der Waals surface area contributed by atoms with E-state index in [2.05, 4.69) is 25.8 Å². The minimum absolute atomic E-state index is 0.349. The van der Waals surface area contributed by atoms with E-state index in [-0.39, 0.29) is 0 Å². The second-order valence-corrected chi connectivity index (χ2v) is 5.41. The van der Waals surface area contributed by atoms with Gasteiger partial charge in [-0.3, -0.25) is 4.98 Å². The standard InChI is InChI=1S/C15H22FN/c1-4-12-7-10-17-14(13(12)11(2)3)15(16)8-5-6-9-15/h7,10-11H,4-6,8-9H2,1-3H3. The second kappa shape index (κ2) is 4.75. The van der Waals surface area contributed by atoms with E-state index < -0.39 is 5.67 Å². The molecule has 0 amide bonds. The maximum atomic E-state index is 14.9. The SMILES string of the molecule is CCc1ccnc(C2(F)CCCC2)c1C(C)C. The zero-order chi connectivity index (χ0) is 12.5. The van der Waals surface area contributed by atoms with Crippen molar-refractivity contribution in [2.24, 2.45) is 0 Å². The van der Waals surface area contributed by atoms with Crippen molar-refractivity contribution in [3.05, 3.63) is 29.1 Å². The predicted octanol–water partition coefficient (Wildman–Crippen LogP) is 4.51. The summed E-state index contributed by atoms with van der Waals surface area (Å²) in [4.78, 5) is 4.39. The third-order valence-electron chi connectivity index (χ3n) is 3.86. The van der Waals surface area contributed by atoms with E-state index in [0.717, 1.165) is 30.5 Å². The lowest BCUT2D eigenvalue weighted by molar-refractivity contribution is 0.166. The Labute approximate surface area is 103 Å². The average molecular weight is 235 g/mol. The third kappa shape index (κ3) is 2.22. The molecule has 0 aliphatic heterocycles. The molecule has 1 saturated carbocycles. The molecule has 17 heavy (non-hydrogen) atoms. The van der Waals surface area contributed by atoms with Crippen molar-refractivity contribution in [3.8, 4) is 0 Å². The van der Waals surface area contributed by atoms with E-state index in [0.29, 0.717) is 18.8 Å². The van der Waals surface area contributed by atoms with E-state index in [4.69, 9.17) is 0 Å². The number of aromatic nitrogens is 1. The molecule has 1 aromatic heterocycles. The lowest BCUT2D eigenvalue weighted by Crippen LogP contribution is -2.21. The molecule has 1 aromatic rings. The molecule has 94 valence electrons. The summed E-state index contributed by atoms with van der Waals surface area (Å²) < 4.78 is 14.9. The molecule has 0 saturated heterocycles. The lowest BCUT2D eigenvalue weighted by atomic mass is 9.86. The number of alkyl halides is 1. The Morgan fingerprint density at radius 1 is 1.35 bits per heavy atom. The Bertz CT molecular complexity index is 392. The van der Waals surface area contributed by atoms with Gasteiger partial charge < -0.3 is 0 Å². The zero-order valence-corrected chi connectivity index (χ0v) is 11.1. The van der Waals surface area contributed by atoms with Crippen LogP contribution in [0.1, 0.15) is 69.2 Å². The molecule has 1 aliphatic rings. The van der Waals surface area contributed by atoms with Crippen LogP contribution in [0.15, 0.2) is 12.3 Å². The van der Waals surface area contributed by atoms with Gasteiger partial charge in [0.2, 0.25) is 0 Å². The Kier molecular flexibility index (Phi) is 3.50. The van der Waals surface area contributed by atoms with Gasteiger partial charge in [-0.05, 0) is 55.2 Å². The fourth-order valence-electron chi connectivity index (χ4n) is 2.99. The van der Waals surface area contributed by atoms with Gasteiger partial charge in [0.05, 0.1) is 5.69 Å². The van der Waals surface area contributed by atoms with Gasteiger partial charge in [-0.2, -0.15) is 0 Å². The van der Waals surface area contributed by atoms with Crippen LogP contribution >= 0.6 is 0 Å². The van der Waals surface area contributed by atoms with Gasteiger partial charge in [0.25, 0.3) is 0 Å². The van der Waals surface area contributed by atoms with E-state index in [9.17, 15) is 4.39 Å². The molecule has 1 fully saturated rings. The van der Waals surface area contributed by atoms with Crippen molar-refractivity contribution < 1.29 is 4.39 Å². The molecule has 1 aliphatic carbocycles. The smallest absolute Gasteiger partial charge is 0.153 e. The summed E-state index contributed by atoms with van der Waals surface area (Å²) in [6, 6.07) is 2.04. The zero-order valence-electron chi connectivity index (χ0n) is 11.1. The van der Waals surface area contributed by atoms with Crippen LogP contribution in [0.4, 0.5) is 4.39 Å². The molecule has 0 atom stereocenters. The highest BCUT2D eigenvalue weighted by atomic mass is 19.1. The Morgan fingerprint density at radius 2 is 2.00 bits per heavy atom. The molecule has 0 radical (unpaired) electrons. The van der Waals surface area contributed by atoms with E-state index in [1.165, 1.54) is 5.56 Å². The number of hydrogen-bond acceptors (Lipinski definition) is 1. The predicted molar refractivity (Wildman–Crippen MR) is 69.0 cm³/mol.